The van der Waals surface area contributed by atoms with Gasteiger partial charge in [-0.2, -0.15) is 5.10 Å². The summed E-state index contributed by atoms with van der Waals surface area (Å²) in [6.45, 7) is 1.83. The van der Waals surface area contributed by atoms with Crippen molar-refractivity contribution < 1.29 is 14.3 Å². The first kappa shape index (κ1) is 17.2. The maximum absolute atomic E-state index is 13.2. The van der Waals surface area contributed by atoms with E-state index in [0.717, 1.165) is 38.1 Å². The minimum atomic E-state index is -0.535. The highest BCUT2D eigenvalue weighted by Gasteiger charge is 2.18. The largest absolute Gasteiger partial charge is 0.506 e. The second-order valence-electron chi connectivity index (χ2n) is 5.30. The molecule has 23 heavy (non-hydrogen) atoms. The highest BCUT2D eigenvalue weighted by molar-refractivity contribution is 6.03. The molecule has 3 N–H and O–H groups in total. The number of hydrogen-bond donors (Lipinski definition) is 3. The standard InChI is InChI=1S/C15H17FN4O2.ClH/c16-10-3-4-14(21)13(8-10)18-15(22)12-5-7-20(19-12)11-2-1-6-17-9-11;/h3-5,7-8,11,17,21H,1-2,6,9H2,(H,18,22);1H. The Balaban J connectivity index is 0.00000192. The van der Waals surface area contributed by atoms with Crippen LogP contribution < -0.4 is 10.6 Å². The van der Waals surface area contributed by atoms with E-state index in [2.05, 4.69) is 15.7 Å². The Morgan fingerprint density at radius 3 is 3.00 bits per heavy atom. The molecular weight excluding hydrogens is 323 g/mol. The molecule has 0 saturated carbocycles. The van der Waals surface area contributed by atoms with E-state index in [1.165, 1.54) is 6.07 Å². The van der Waals surface area contributed by atoms with Crippen molar-refractivity contribution in [2.75, 3.05) is 18.4 Å². The van der Waals surface area contributed by atoms with E-state index in [1.54, 1.807) is 16.9 Å². The summed E-state index contributed by atoms with van der Waals surface area (Å²) < 4.78 is 14.9. The van der Waals surface area contributed by atoms with E-state index in [-0.39, 0.29) is 35.6 Å². The topological polar surface area (TPSA) is 79.2 Å². The average Bonchev–Trinajstić information content (AvgIpc) is 3.02. The lowest BCUT2D eigenvalue weighted by molar-refractivity contribution is 0.102. The Kier molecular flexibility index (Phi) is 5.57. The number of benzene rings is 1. The van der Waals surface area contributed by atoms with Gasteiger partial charge in [-0.15, -0.1) is 12.4 Å². The molecule has 3 rings (SSSR count). The van der Waals surface area contributed by atoms with Gasteiger partial charge in [0.05, 0.1) is 11.7 Å². The Bertz CT molecular complexity index is 686. The molecule has 1 aromatic heterocycles. The second-order valence-corrected chi connectivity index (χ2v) is 5.30. The van der Waals surface area contributed by atoms with E-state index < -0.39 is 11.7 Å². The molecule has 2 heterocycles. The first-order valence-corrected chi connectivity index (χ1v) is 7.19. The maximum Gasteiger partial charge on any atom is 0.276 e. The SMILES string of the molecule is Cl.O=C(Nc1cc(F)ccc1O)c1ccn(C2CCCNC2)n1. The molecule has 0 aliphatic carbocycles. The quantitative estimate of drug-likeness (QED) is 0.749. The minimum Gasteiger partial charge on any atom is -0.506 e. The summed E-state index contributed by atoms with van der Waals surface area (Å²) in [7, 11) is 0. The minimum absolute atomic E-state index is 0. The molecule has 1 unspecified atom stereocenters. The zero-order valence-electron chi connectivity index (χ0n) is 12.3. The van der Waals surface area contributed by atoms with Gasteiger partial charge in [0.1, 0.15) is 11.6 Å². The predicted molar refractivity (Wildman–Crippen MR) is 86.6 cm³/mol. The van der Waals surface area contributed by atoms with Crippen LogP contribution in [0.2, 0.25) is 0 Å². The number of phenols is 1. The van der Waals surface area contributed by atoms with E-state index in [0.29, 0.717) is 0 Å². The molecular formula is C15H18ClFN4O2. The van der Waals surface area contributed by atoms with E-state index >= 15 is 0 Å². The van der Waals surface area contributed by atoms with Gasteiger partial charge in [-0.1, -0.05) is 0 Å². The van der Waals surface area contributed by atoms with Gasteiger partial charge in [0.2, 0.25) is 0 Å². The number of carbonyl (C=O) groups is 1. The molecule has 1 aromatic carbocycles. The van der Waals surface area contributed by atoms with Crippen LogP contribution in [0, 0.1) is 5.82 Å². The van der Waals surface area contributed by atoms with Gasteiger partial charge in [-0.25, -0.2) is 4.39 Å². The summed E-state index contributed by atoms with van der Waals surface area (Å²) in [5.41, 5.74) is 0.258. The summed E-state index contributed by atoms with van der Waals surface area (Å²) in [4.78, 5) is 12.1. The number of phenolic OH excluding ortho intramolecular Hbond substituents is 1. The van der Waals surface area contributed by atoms with Crippen LogP contribution >= 0.6 is 12.4 Å². The van der Waals surface area contributed by atoms with E-state index in [4.69, 9.17) is 0 Å². The van der Waals surface area contributed by atoms with E-state index in [1.807, 2.05) is 0 Å². The smallest absolute Gasteiger partial charge is 0.276 e. The maximum atomic E-state index is 13.2. The van der Waals surface area contributed by atoms with Crippen molar-refractivity contribution in [2.24, 2.45) is 0 Å². The number of nitrogens with zero attached hydrogens (tertiary/aromatic N) is 2. The van der Waals surface area contributed by atoms with Crippen LogP contribution in [-0.2, 0) is 0 Å². The number of anilines is 1. The van der Waals surface area contributed by atoms with Gasteiger partial charge >= 0.3 is 0 Å². The predicted octanol–water partition coefficient (Wildman–Crippen LogP) is 2.33. The van der Waals surface area contributed by atoms with E-state index in [9.17, 15) is 14.3 Å². The molecule has 0 radical (unpaired) electrons. The molecule has 1 aliphatic heterocycles. The Labute approximate surface area is 139 Å². The van der Waals surface area contributed by atoms with Crippen molar-refractivity contribution in [1.82, 2.24) is 15.1 Å². The van der Waals surface area contributed by atoms with Gasteiger partial charge in [-0.05, 0) is 37.6 Å². The molecule has 0 spiro atoms. The third-order valence-corrected chi connectivity index (χ3v) is 3.69. The van der Waals surface area contributed by atoms with Crippen LogP contribution in [0.4, 0.5) is 10.1 Å². The van der Waals surface area contributed by atoms with Crippen LogP contribution in [0.25, 0.3) is 0 Å². The fraction of sp³-hybridized carbons (Fsp3) is 0.333. The average molecular weight is 341 g/mol. The number of nitrogens with one attached hydrogen (secondary N) is 2. The third kappa shape index (κ3) is 4.00. The van der Waals surface area contributed by atoms with Crippen LogP contribution in [0.5, 0.6) is 5.75 Å². The van der Waals surface area contributed by atoms with Crippen molar-refractivity contribution in [2.45, 2.75) is 18.9 Å². The highest BCUT2D eigenvalue weighted by Crippen LogP contribution is 2.24. The van der Waals surface area contributed by atoms with Crippen molar-refractivity contribution in [1.29, 1.82) is 0 Å². The number of amides is 1. The van der Waals surface area contributed by atoms with Gasteiger partial charge in [0.15, 0.2) is 5.69 Å². The molecule has 8 heteroatoms. The second kappa shape index (κ2) is 7.43. The summed E-state index contributed by atoms with van der Waals surface area (Å²) >= 11 is 0. The van der Waals surface area contributed by atoms with Crippen LogP contribution in [0.1, 0.15) is 29.4 Å². The van der Waals surface area contributed by atoms with Gasteiger partial charge in [0.25, 0.3) is 5.91 Å². The lowest BCUT2D eigenvalue weighted by Crippen LogP contribution is -2.32. The highest BCUT2D eigenvalue weighted by atomic mass is 35.5. The Morgan fingerprint density at radius 2 is 2.26 bits per heavy atom. The number of carbonyl (C=O) groups excluding carboxylic acids is 1. The molecule has 1 fully saturated rings. The Morgan fingerprint density at radius 1 is 1.43 bits per heavy atom. The molecule has 1 atom stereocenters. The summed E-state index contributed by atoms with van der Waals surface area (Å²) in [6, 6.07) is 5.22. The van der Waals surface area contributed by atoms with Crippen LogP contribution in [0.15, 0.2) is 30.5 Å². The summed E-state index contributed by atoms with van der Waals surface area (Å²) in [5, 5.41) is 19.6. The molecule has 0 bridgehead atoms. The van der Waals surface area contributed by atoms with Gasteiger partial charge in [-0.3, -0.25) is 9.48 Å². The van der Waals surface area contributed by atoms with Gasteiger partial charge < -0.3 is 15.7 Å². The fourth-order valence-corrected chi connectivity index (χ4v) is 2.52. The summed E-state index contributed by atoms with van der Waals surface area (Å²) in [5.74, 6) is -1.21. The van der Waals surface area contributed by atoms with Crippen molar-refractivity contribution >= 4 is 24.0 Å². The lowest BCUT2D eigenvalue weighted by Gasteiger charge is -2.22. The number of aromatic hydroxyl groups is 1. The molecule has 1 amide bonds. The summed E-state index contributed by atoms with van der Waals surface area (Å²) in [6.07, 6.45) is 3.85. The van der Waals surface area contributed by atoms with Crippen LogP contribution in [-0.4, -0.2) is 33.9 Å². The zero-order chi connectivity index (χ0) is 15.5. The number of hydrogen-bond acceptors (Lipinski definition) is 4. The number of piperidine rings is 1. The molecule has 124 valence electrons. The number of rotatable bonds is 3. The first-order valence-electron chi connectivity index (χ1n) is 7.19. The fourth-order valence-electron chi connectivity index (χ4n) is 2.52. The van der Waals surface area contributed by atoms with Gasteiger partial charge in [0, 0.05) is 18.8 Å². The van der Waals surface area contributed by atoms with Crippen molar-refractivity contribution in [3.8, 4) is 5.75 Å². The lowest BCUT2D eigenvalue weighted by atomic mass is 10.1. The Hall–Kier alpha value is -2.12. The molecule has 6 nitrogen and oxygen atoms in total. The first-order chi connectivity index (χ1) is 10.6. The monoisotopic (exact) mass is 340 g/mol. The number of halogens is 2. The molecule has 1 saturated heterocycles. The zero-order valence-corrected chi connectivity index (χ0v) is 13.1. The normalized spacial score (nSPS) is 17.3. The van der Waals surface area contributed by atoms with Crippen molar-refractivity contribution in [3.05, 3.63) is 42.0 Å². The number of aromatic nitrogens is 2. The van der Waals surface area contributed by atoms with Crippen molar-refractivity contribution in [3.63, 3.8) is 0 Å². The molecule has 1 aliphatic rings. The third-order valence-electron chi connectivity index (χ3n) is 3.69. The molecule has 2 aromatic rings. The van der Waals surface area contributed by atoms with Crippen LogP contribution in [0.3, 0.4) is 0 Å².